The van der Waals surface area contributed by atoms with E-state index in [-0.39, 0.29) is 29.4 Å². The molecule has 0 unspecified atom stereocenters. The predicted molar refractivity (Wildman–Crippen MR) is 96.9 cm³/mol. The zero-order valence-corrected chi connectivity index (χ0v) is 14.9. The average Bonchev–Trinajstić information content (AvgIpc) is 2.64. The summed E-state index contributed by atoms with van der Waals surface area (Å²) in [4.78, 5) is 17.7. The van der Waals surface area contributed by atoms with E-state index >= 15 is 0 Å². The van der Waals surface area contributed by atoms with Gasteiger partial charge in [-0.05, 0) is 36.8 Å². The Balaban J connectivity index is 0.000000237. The third-order valence-corrected chi connectivity index (χ3v) is 3.95. The molecule has 28 heavy (non-hydrogen) atoms. The van der Waals surface area contributed by atoms with Crippen LogP contribution in [0.5, 0.6) is 0 Å². The van der Waals surface area contributed by atoms with Crippen LogP contribution < -0.4 is 11.5 Å². The summed E-state index contributed by atoms with van der Waals surface area (Å²) in [6.45, 7) is 1.24. The lowest BCUT2D eigenvalue weighted by atomic mass is 9.90. The smallest absolute Gasteiger partial charge is 0.354 e. The summed E-state index contributed by atoms with van der Waals surface area (Å²) in [5.41, 5.74) is 9.47. The summed E-state index contributed by atoms with van der Waals surface area (Å²) in [6, 6.07) is 6.87. The molecule has 150 valence electrons. The van der Waals surface area contributed by atoms with Gasteiger partial charge in [0.05, 0.1) is 6.61 Å². The van der Waals surface area contributed by atoms with Crippen LogP contribution in [-0.2, 0) is 10.3 Å². The van der Waals surface area contributed by atoms with Gasteiger partial charge in [0, 0.05) is 17.4 Å². The Morgan fingerprint density at radius 3 is 2.57 bits per heavy atom. The van der Waals surface area contributed by atoms with Crippen molar-refractivity contribution in [2.75, 3.05) is 18.9 Å². The van der Waals surface area contributed by atoms with Gasteiger partial charge < -0.3 is 21.3 Å². The van der Waals surface area contributed by atoms with Crippen molar-refractivity contribution >= 4 is 17.5 Å². The molecular formula is C18H19F3N4O3. The van der Waals surface area contributed by atoms with Crippen molar-refractivity contribution in [1.82, 2.24) is 4.98 Å². The number of nitrogens with two attached hydrogens (primary N) is 2. The topological polar surface area (TPSA) is 124 Å². The van der Waals surface area contributed by atoms with Crippen molar-refractivity contribution in [3.63, 3.8) is 0 Å². The Bertz CT molecular complexity index is 892. The number of carbonyl (C=O) groups is 1. The monoisotopic (exact) mass is 396 g/mol. The second-order valence-electron chi connectivity index (χ2n) is 6.03. The fourth-order valence-electron chi connectivity index (χ4n) is 2.58. The molecule has 1 aromatic carbocycles. The van der Waals surface area contributed by atoms with E-state index in [0.29, 0.717) is 5.56 Å². The van der Waals surface area contributed by atoms with E-state index in [1.807, 2.05) is 0 Å². The molecule has 0 aliphatic carbocycles. The Morgan fingerprint density at radius 1 is 1.32 bits per heavy atom. The molecule has 0 bridgehead atoms. The number of aromatic nitrogens is 1. The fraction of sp³-hybridized carbons (Fsp3) is 0.278. The van der Waals surface area contributed by atoms with Crippen LogP contribution in [0, 0.1) is 12.7 Å². The van der Waals surface area contributed by atoms with Crippen LogP contribution in [0.1, 0.15) is 21.6 Å². The number of amidine groups is 1. The molecule has 7 nitrogen and oxygen atoms in total. The first kappa shape index (κ1) is 21.2. The molecule has 1 aliphatic rings. The van der Waals surface area contributed by atoms with Gasteiger partial charge >= 0.3 is 5.97 Å². The zero-order valence-electron chi connectivity index (χ0n) is 14.9. The Kier molecular flexibility index (Phi) is 6.57. The van der Waals surface area contributed by atoms with Gasteiger partial charge in [-0.1, -0.05) is 6.07 Å². The van der Waals surface area contributed by atoms with Crippen LogP contribution in [-0.4, -0.2) is 41.5 Å². The van der Waals surface area contributed by atoms with Crippen molar-refractivity contribution in [2.24, 2.45) is 10.7 Å². The molecule has 2 heterocycles. The number of aryl methyl sites for hydroxylation is 1. The number of alkyl halides is 2. The molecule has 2 aromatic rings. The highest BCUT2D eigenvalue weighted by Gasteiger charge is 2.46. The number of halogens is 3. The van der Waals surface area contributed by atoms with E-state index in [1.165, 1.54) is 12.3 Å². The number of aromatic carboxylic acids is 1. The molecule has 0 spiro atoms. The van der Waals surface area contributed by atoms with E-state index in [0.717, 1.165) is 12.1 Å². The van der Waals surface area contributed by atoms with E-state index < -0.39 is 30.4 Å². The molecule has 1 aromatic heterocycles. The minimum atomic E-state index is -2.95. The van der Waals surface area contributed by atoms with Crippen LogP contribution in [0.2, 0.25) is 0 Å². The number of aliphatic imine (C=N–C) groups is 1. The summed E-state index contributed by atoms with van der Waals surface area (Å²) in [5, 5.41) is 8.50. The number of carboxylic acid groups (broad SMARTS) is 1. The molecule has 0 radical (unpaired) electrons. The minimum Gasteiger partial charge on any atom is -0.477 e. The third kappa shape index (κ3) is 4.58. The Labute approximate surface area is 158 Å². The predicted octanol–water partition coefficient (Wildman–Crippen LogP) is 2.34. The second kappa shape index (κ2) is 8.70. The van der Waals surface area contributed by atoms with Crippen molar-refractivity contribution < 1.29 is 27.8 Å². The first-order chi connectivity index (χ1) is 13.2. The normalized spacial score (nSPS) is 18.8. The van der Waals surface area contributed by atoms with E-state index in [2.05, 4.69) is 9.98 Å². The number of benzene rings is 1. The van der Waals surface area contributed by atoms with Crippen molar-refractivity contribution in [1.29, 1.82) is 0 Å². The maximum Gasteiger partial charge on any atom is 0.354 e. The number of anilines is 1. The van der Waals surface area contributed by atoms with Gasteiger partial charge in [0.2, 0.25) is 0 Å². The Hall–Kier alpha value is -3.14. The molecule has 5 N–H and O–H groups in total. The highest BCUT2D eigenvalue weighted by molar-refractivity contribution is 5.86. The van der Waals surface area contributed by atoms with Gasteiger partial charge in [-0.3, -0.25) is 4.99 Å². The maximum atomic E-state index is 13.7. The molecule has 0 amide bonds. The number of rotatable bonds is 3. The van der Waals surface area contributed by atoms with Gasteiger partial charge in [-0.25, -0.2) is 22.9 Å². The average molecular weight is 396 g/mol. The Morgan fingerprint density at radius 2 is 2.04 bits per heavy atom. The third-order valence-electron chi connectivity index (χ3n) is 3.95. The number of pyridine rings is 1. The second-order valence-corrected chi connectivity index (χ2v) is 6.03. The fourth-order valence-corrected chi connectivity index (χ4v) is 2.58. The molecule has 3 rings (SSSR count). The highest BCUT2D eigenvalue weighted by atomic mass is 19.3. The quantitative estimate of drug-likeness (QED) is 0.684. The molecule has 1 atom stereocenters. The molecule has 0 saturated carbocycles. The van der Waals surface area contributed by atoms with E-state index in [1.54, 1.807) is 19.1 Å². The minimum absolute atomic E-state index is 0.0432. The summed E-state index contributed by atoms with van der Waals surface area (Å²) in [7, 11) is 0. The van der Waals surface area contributed by atoms with Crippen LogP contribution >= 0.6 is 0 Å². The largest absolute Gasteiger partial charge is 0.477 e. The van der Waals surface area contributed by atoms with Gasteiger partial charge in [0.1, 0.15) is 18.3 Å². The van der Waals surface area contributed by atoms with Crippen LogP contribution in [0.25, 0.3) is 0 Å². The molecule has 1 aliphatic heterocycles. The van der Waals surface area contributed by atoms with Crippen LogP contribution in [0.15, 0.2) is 41.5 Å². The number of carboxylic acids is 1. The maximum absolute atomic E-state index is 13.7. The number of hydrogen-bond donors (Lipinski definition) is 3. The lowest BCUT2D eigenvalue weighted by Crippen LogP contribution is -2.45. The van der Waals surface area contributed by atoms with Crippen LogP contribution in [0.4, 0.5) is 18.9 Å². The van der Waals surface area contributed by atoms with Gasteiger partial charge in [-0.2, -0.15) is 0 Å². The number of nitrogens with zero attached hydrogens (tertiary/aromatic N) is 2. The van der Waals surface area contributed by atoms with Gasteiger partial charge in [0.25, 0.3) is 6.43 Å². The van der Waals surface area contributed by atoms with Gasteiger partial charge in [-0.15, -0.1) is 0 Å². The van der Waals surface area contributed by atoms with Crippen LogP contribution in [0.3, 0.4) is 0 Å². The zero-order chi connectivity index (χ0) is 20.9. The summed E-state index contributed by atoms with van der Waals surface area (Å²) in [5.74, 6) is -1.88. The SMILES string of the molecule is Cc1cccnc1C(=O)O.NC1=N[C@@](c2cc(N)ccc2F)(C(F)F)COC1. The molecule has 10 heteroatoms. The standard InChI is InChI=1S/C11H12F3N3O.C7H7NO2/c12-8-2-1-6(15)3-7(8)11(10(13)14)5-18-4-9(16)17-11;1-5-3-2-4-8-6(5)7(9)10/h1-3,10H,4-5,15H2,(H2,16,17);2-4H,1H3,(H,9,10)/t11-;/m0./s1. The molecular weight excluding hydrogens is 377 g/mol. The number of hydrogen-bond acceptors (Lipinski definition) is 6. The highest BCUT2D eigenvalue weighted by Crippen LogP contribution is 2.37. The summed E-state index contributed by atoms with van der Waals surface area (Å²) in [6.07, 6.45) is -1.48. The van der Waals surface area contributed by atoms with Gasteiger partial charge in [0.15, 0.2) is 11.2 Å². The lowest BCUT2D eigenvalue weighted by Gasteiger charge is -2.33. The number of nitrogen functional groups attached to an aromatic ring is 1. The summed E-state index contributed by atoms with van der Waals surface area (Å²) >= 11 is 0. The van der Waals surface area contributed by atoms with E-state index in [9.17, 15) is 18.0 Å². The van der Waals surface area contributed by atoms with Crippen molar-refractivity contribution in [3.05, 3.63) is 59.2 Å². The van der Waals surface area contributed by atoms with Crippen molar-refractivity contribution in [3.8, 4) is 0 Å². The lowest BCUT2D eigenvalue weighted by molar-refractivity contribution is -0.0145. The van der Waals surface area contributed by atoms with E-state index in [4.69, 9.17) is 21.3 Å². The first-order valence-electron chi connectivity index (χ1n) is 8.08. The number of ether oxygens (including phenoxy) is 1. The van der Waals surface area contributed by atoms with Crippen molar-refractivity contribution in [2.45, 2.75) is 18.9 Å². The first-order valence-corrected chi connectivity index (χ1v) is 8.08. The molecule has 0 saturated heterocycles. The summed E-state index contributed by atoms with van der Waals surface area (Å²) < 4.78 is 45.3. The molecule has 0 fully saturated rings.